The predicted octanol–water partition coefficient (Wildman–Crippen LogP) is 1.70. The third-order valence-corrected chi connectivity index (χ3v) is 0.975. The van der Waals surface area contributed by atoms with Crippen molar-refractivity contribution in [2.24, 2.45) is 0 Å². The number of nitrogens with zero attached hydrogens (tertiary/aromatic N) is 4. The summed E-state index contributed by atoms with van der Waals surface area (Å²) in [6, 6.07) is 7.43. The molecule has 0 unspecified atom stereocenters. The first-order chi connectivity index (χ1) is 7.00. The molecule has 2 aromatic heterocycles. The van der Waals surface area contributed by atoms with E-state index in [1.165, 1.54) is 0 Å². The molecule has 0 aliphatic carbocycles. The highest BCUT2D eigenvalue weighted by atomic mass is 31.0. The van der Waals surface area contributed by atoms with Gasteiger partial charge in [-0.1, -0.05) is 6.07 Å². The van der Waals surface area contributed by atoms with Gasteiger partial charge in [-0.3, -0.25) is 9.55 Å². The lowest BCUT2D eigenvalue weighted by Crippen LogP contribution is -1.78. The highest BCUT2D eigenvalue weighted by Gasteiger charge is 1.60. The van der Waals surface area contributed by atoms with Crippen LogP contribution in [0.5, 0.6) is 0 Å². The Labute approximate surface area is 83.9 Å². The number of hydrogen-bond acceptors (Lipinski definition) is 5. The molecule has 71 valence electrons. The van der Waals surface area contributed by atoms with Crippen LogP contribution >= 0.6 is 9.12 Å². The molecular weight excluding hydrogens is 199 g/mol. The molecule has 0 bridgehead atoms. The highest BCUT2D eigenvalue weighted by molar-refractivity contribution is 7.00. The fourth-order valence-corrected chi connectivity index (χ4v) is 0.518. The summed E-state index contributed by atoms with van der Waals surface area (Å²) in [7, 11) is 2.28. The average Bonchev–Trinajstić information content (AvgIpc) is 2.37. The fourth-order valence-electron chi connectivity index (χ4n) is 0.518. The van der Waals surface area contributed by atoms with Crippen LogP contribution in [0.2, 0.25) is 0 Å². The Kier molecular flexibility index (Phi) is 9.86. The average molecular weight is 207 g/mol. The maximum atomic E-state index is 7.94. The molecule has 1 radical (unpaired) electrons. The van der Waals surface area contributed by atoms with Gasteiger partial charge in [0.25, 0.3) is 9.12 Å². The third-order valence-electron chi connectivity index (χ3n) is 0.975. The van der Waals surface area contributed by atoms with Gasteiger partial charge in [0.2, 0.25) is 0 Å². The standard InChI is InChI=1S/C5H5N.C3H3N3.OP/c2*1-2-4-6-5-3-1;1-2/h1-5H;1-3H;. The van der Waals surface area contributed by atoms with E-state index in [0.717, 1.165) is 0 Å². The van der Waals surface area contributed by atoms with E-state index in [2.05, 4.69) is 29.5 Å². The summed E-state index contributed by atoms with van der Waals surface area (Å²) in [4.78, 5) is 3.78. The normalized spacial score (nSPS) is 7.14. The SMILES string of the molecule is O=[P].c1ccncc1.c1cnnnc1. The first kappa shape index (κ1) is 12.3. The molecular formula is C8H8N4OP. The number of hydrogen-bond donors (Lipinski definition) is 0. The highest BCUT2D eigenvalue weighted by Crippen LogP contribution is 1.73. The molecule has 0 saturated heterocycles. The lowest BCUT2D eigenvalue weighted by atomic mass is 10.5. The zero-order valence-corrected chi connectivity index (χ0v) is 8.16. The van der Waals surface area contributed by atoms with E-state index in [0.29, 0.717) is 0 Å². The van der Waals surface area contributed by atoms with Crippen LogP contribution in [0.3, 0.4) is 0 Å². The van der Waals surface area contributed by atoms with Crippen molar-refractivity contribution in [1.82, 2.24) is 20.4 Å². The van der Waals surface area contributed by atoms with E-state index < -0.39 is 0 Å². The van der Waals surface area contributed by atoms with Gasteiger partial charge < -0.3 is 0 Å². The topological polar surface area (TPSA) is 68.6 Å². The van der Waals surface area contributed by atoms with Crippen LogP contribution in [0.4, 0.5) is 0 Å². The molecule has 0 saturated carbocycles. The smallest absolute Gasteiger partial charge is 0.261 e. The molecule has 0 aliphatic heterocycles. The molecule has 0 amide bonds. The van der Waals surface area contributed by atoms with E-state index in [4.69, 9.17) is 4.57 Å². The van der Waals surface area contributed by atoms with Crippen molar-refractivity contribution in [3.8, 4) is 0 Å². The van der Waals surface area contributed by atoms with E-state index in [-0.39, 0.29) is 0 Å². The van der Waals surface area contributed by atoms with Crippen molar-refractivity contribution in [2.45, 2.75) is 0 Å². The fraction of sp³-hybridized carbons (Fsp3) is 0. The van der Waals surface area contributed by atoms with Crippen molar-refractivity contribution in [3.05, 3.63) is 49.1 Å². The van der Waals surface area contributed by atoms with Crippen molar-refractivity contribution < 1.29 is 4.57 Å². The molecule has 0 spiro atoms. The molecule has 2 rings (SSSR count). The van der Waals surface area contributed by atoms with Crippen LogP contribution in [0.25, 0.3) is 0 Å². The minimum absolute atomic E-state index is 1.58. The van der Waals surface area contributed by atoms with Crippen LogP contribution in [0.15, 0.2) is 49.1 Å². The molecule has 6 heteroatoms. The van der Waals surface area contributed by atoms with E-state index in [9.17, 15) is 0 Å². The Balaban J connectivity index is 0.000000206. The third kappa shape index (κ3) is 8.36. The monoisotopic (exact) mass is 207 g/mol. The molecule has 0 N–H and O–H groups in total. The maximum Gasteiger partial charge on any atom is 0.261 e. The van der Waals surface area contributed by atoms with Crippen LogP contribution in [0.1, 0.15) is 0 Å². The second-order valence-corrected chi connectivity index (χ2v) is 1.84. The zero-order valence-electron chi connectivity index (χ0n) is 7.26. The van der Waals surface area contributed by atoms with Gasteiger partial charge in [0.05, 0.1) is 12.4 Å². The summed E-state index contributed by atoms with van der Waals surface area (Å²) in [5, 5.41) is 10.1. The number of pyridine rings is 1. The molecule has 0 aliphatic rings. The first-order valence-electron chi connectivity index (χ1n) is 3.62. The second-order valence-electron chi connectivity index (χ2n) is 1.84. The molecule has 0 atom stereocenters. The Hall–Kier alpha value is -1.74. The van der Waals surface area contributed by atoms with Crippen molar-refractivity contribution in [3.63, 3.8) is 0 Å². The largest absolute Gasteiger partial charge is 0.265 e. The Morgan fingerprint density at radius 3 is 1.43 bits per heavy atom. The van der Waals surface area contributed by atoms with Crippen LogP contribution in [-0.2, 0) is 4.57 Å². The minimum atomic E-state index is 1.58. The summed E-state index contributed by atoms with van der Waals surface area (Å²) in [6.07, 6.45) is 6.65. The van der Waals surface area contributed by atoms with Gasteiger partial charge in [0.1, 0.15) is 0 Å². The van der Waals surface area contributed by atoms with E-state index in [1.807, 2.05) is 18.2 Å². The van der Waals surface area contributed by atoms with Crippen LogP contribution < -0.4 is 0 Å². The lowest BCUT2D eigenvalue weighted by molar-refractivity contribution is 0.607. The van der Waals surface area contributed by atoms with E-state index in [1.54, 1.807) is 30.9 Å². The number of rotatable bonds is 0. The van der Waals surface area contributed by atoms with Gasteiger partial charge in [-0.15, -0.1) is 10.2 Å². The summed E-state index contributed by atoms with van der Waals surface area (Å²) >= 11 is 0. The molecule has 5 nitrogen and oxygen atoms in total. The summed E-state index contributed by atoms with van der Waals surface area (Å²) < 4.78 is 7.94. The van der Waals surface area contributed by atoms with Gasteiger partial charge in [0, 0.05) is 12.4 Å². The van der Waals surface area contributed by atoms with Gasteiger partial charge in [0.15, 0.2) is 0 Å². The zero-order chi connectivity index (χ0) is 10.5. The lowest BCUT2D eigenvalue weighted by Gasteiger charge is -1.70. The summed E-state index contributed by atoms with van der Waals surface area (Å²) in [5.41, 5.74) is 0. The van der Waals surface area contributed by atoms with Crippen LogP contribution in [-0.4, -0.2) is 20.4 Å². The Morgan fingerprint density at radius 1 is 0.714 bits per heavy atom. The minimum Gasteiger partial charge on any atom is -0.265 e. The summed E-state index contributed by atoms with van der Waals surface area (Å²) in [5.74, 6) is 0. The molecule has 0 aromatic carbocycles. The van der Waals surface area contributed by atoms with Crippen molar-refractivity contribution >= 4 is 9.12 Å². The van der Waals surface area contributed by atoms with Gasteiger partial charge in [-0.2, -0.15) is 0 Å². The quantitative estimate of drug-likeness (QED) is 0.615. The Bertz CT molecular complexity index is 210. The molecule has 2 aromatic rings. The van der Waals surface area contributed by atoms with Crippen molar-refractivity contribution in [2.75, 3.05) is 0 Å². The molecule has 0 fully saturated rings. The molecule has 14 heavy (non-hydrogen) atoms. The molecule has 2 heterocycles. The van der Waals surface area contributed by atoms with Gasteiger partial charge >= 0.3 is 0 Å². The first-order valence-corrected chi connectivity index (χ1v) is 3.98. The van der Waals surface area contributed by atoms with E-state index >= 15 is 0 Å². The van der Waals surface area contributed by atoms with Gasteiger partial charge in [-0.05, 0) is 23.4 Å². The Morgan fingerprint density at radius 2 is 1.29 bits per heavy atom. The predicted molar refractivity (Wildman–Crippen MR) is 51.7 cm³/mol. The van der Waals surface area contributed by atoms with Crippen molar-refractivity contribution in [1.29, 1.82) is 0 Å². The number of aromatic nitrogens is 4. The van der Waals surface area contributed by atoms with Crippen LogP contribution in [0, 0.1) is 0 Å². The summed E-state index contributed by atoms with van der Waals surface area (Å²) in [6.45, 7) is 0. The second kappa shape index (κ2) is 11.3. The van der Waals surface area contributed by atoms with Gasteiger partial charge in [-0.25, -0.2) is 0 Å². The maximum absolute atomic E-state index is 7.94.